The van der Waals surface area contributed by atoms with Crippen molar-refractivity contribution in [2.45, 2.75) is 20.0 Å². The Hall–Kier alpha value is -1.95. The van der Waals surface area contributed by atoms with E-state index in [0.29, 0.717) is 13.0 Å². The van der Waals surface area contributed by atoms with Crippen LogP contribution >= 0.6 is 11.6 Å². The molecule has 0 amide bonds. The van der Waals surface area contributed by atoms with Crippen LogP contribution in [0.15, 0.2) is 42.5 Å². The van der Waals surface area contributed by atoms with Gasteiger partial charge in [0.1, 0.15) is 12.4 Å². The number of aliphatic hydroxyl groups is 1. The molecule has 0 fully saturated rings. The maximum Gasteiger partial charge on any atom is 0.120 e. The fraction of sp³-hybridized carbons (Fsp3) is 0.222. The highest BCUT2D eigenvalue weighted by atomic mass is 35.5. The Balaban J connectivity index is 1.94. The Morgan fingerprint density at radius 3 is 2.57 bits per heavy atom. The lowest BCUT2D eigenvalue weighted by Crippen LogP contribution is -1.95. The van der Waals surface area contributed by atoms with E-state index >= 15 is 0 Å². The molecule has 0 aliphatic heterocycles. The predicted octanol–water partition coefficient (Wildman–Crippen LogP) is 3.96. The van der Waals surface area contributed by atoms with Crippen LogP contribution in [-0.2, 0) is 6.61 Å². The summed E-state index contributed by atoms with van der Waals surface area (Å²) in [4.78, 5) is 0. The van der Waals surface area contributed by atoms with Crippen LogP contribution in [0.5, 0.6) is 5.75 Å². The molecule has 0 aliphatic carbocycles. The minimum Gasteiger partial charge on any atom is -0.489 e. The number of ether oxygens (including phenoxy) is 1. The summed E-state index contributed by atoms with van der Waals surface area (Å²) in [5.74, 6) is 6.70. The van der Waals surface area contributed by atoms with Crippen molar-refractivity contribution >= 4 is 11.6 Å². The summed E-state index contributed by atoms with van der Waals surface area (Å²) in [6.45, 7) is 2.56. The van der Waals surface area contributed by atoms with Gasteiger partial charge in [-0.05, 0) is 48.4 Å². The first-order valence-corrected chi connectivity index (χ1v) is 7.14. The first-order valence-electron chi connectivity index (χ1n) is 6.76. The fourth-order valence-electron chi connectivity index (χ4n) is 1.78. The van der Waals surface area contributed by atoms with E-state index < -0.39 is 0 Å². The Labute approximate surface area is 130 Å². The van der Waals surface area contributed by atoms with Crippen molar-refractivity contribution in [2.75, 3.05) is 6.61 Å². The number of aliphatic hydroxyl groups excluding tert-OH is 1. The largest absolute Gasteiger partial charge is 0.489 e. The van der Waals surface area contributed by atoms with Crippen LogP contribution < -0.4 is 4.74 Å². The molecule has 2 rings (SSSR count). The van der Waals surface area contributed by atoms with Gasteiger partial charge in [-0.1, -0.05) is 35.6 Å². The molecule has 0 saturated heterocycles. The Morgan fingerprint density at radius 2 is 1.90 bits per heavy atom. The van der Waals surface area contributed by atoms with Gasteiger partial charge in [-0.15, -0.1) is 0 Å². The molecule has 0 aromatic heterocycles. The second kappa shape index (κ2) is 7.73. The van der Waals surface area contributed by atoms with Crippen molar-refractivity contribution in [3.05, 3.63) is 64.2 Å². The highest BCUT2D eigenvalue weighted by molar-refractivity contribution is 6.31. The van der Waals surface area contributed by atoms with E-state index in [-0.39, 0.29) is 6.61 Å². The van der Waals surface area contributed by atoms with Crippen LogP contribution in [0.25, 0.3) is 0 Å². The smallest absolute Gasteiger partial charge is 0.120 e. The molecular formula is C18H17ClO2. The zero-order chi connectivity index (χ0) is 15.1. The summed E-state index contributed by atoms with van der Waals surface area (Å²) in [5, 5.41) is 9.42. The van der Waals surface area contributed by atoms with E-state index in [4.69, 9.17) is 21.4 Å². The van der Waals surface area contributed by atoms with E-state index in [1.165, 1.54) is 0 Å². The van der Waals surface area contributed by atoms with Gasteiger partial charge in [0.05, 0.1) is 6.61 Å². The molecule has 0 radical (unpaired) electrons. The first-order chi connectivity index (χ1) is 10.2. The number of hydrogen-bond acceptors (Lipinski definition) is 2. The minimum atomic E-state index is 0.0967. The number of rotatable bonds is 4. The molecule has 0 heterocycles. The van der Waals surface area contributed by atoms with E-state index in [0.717, 1.165) is 27.5 Å². The molecule has 108 valence electrons. The summed E-state index contributed by atoms with van der Waals surface area (Å²) < 4.78 is 5.74. The van der Waals surface area contributed by atoms with Gasteiger partial charge < -0.3 is 9.84 Å². The maximum atomic E-state index is 8.68. The molecule has 3 heteroatoms. The van der Waals surface area contributed by atoms with Crippen molar-refractivity contribution < 1.29 is 9.84 Å². The van der Waals surface area contributed by atoms with E-state index in [1.807, 2.05) is 49.4 Å². The van der Waals surface area contributed by atoms with Crippen LogP contribution in [0, 0.1) is 18.8 Å². The zero-order valence-corrected chi connectivity index (χ0v) is 12.7. The van der Waals surface area contributed by atoms with E-state index in [2.05, 4.69) is 11.8 Å². The van der Waals surface area contributed by atoms with Crippen molar-refractivity contribution in [1.29, 1.82) is 0 Å². The third-order valence-corrected chi connectivity index (χ3v) is 3.38. The standard InChI is InChI=1S/C18H17ClO2/c1-14-12-17(9-10-18(14)19)21-13-16-7-5-15(6-8-16)4-2-3-11-20/h5-10,12,20H,3,11,13H2,1H3. The zero-order valence-electron chi connectivity index (χ0n) is 11.9. The quantitative estimate of drug-likeness (QED) is 0.866. The molecule has 0 saturated carbocycles. The second-order valence-electron chi connectivity index (χ2n) is 4.67. The van der Waals surface area contributed by atoms with Crippen LogP contribution in [-0.4, -0.2) is 11.7 Å². The Bertz CT molecular complexity index is 651. The number of aryl methyl sites for hydroxylation is 1. The normalized spacial score (nSPS) is 9.86. The van der Waals surface area contributed by atoms with E-state index in [1.54, 1.807) is 0 Å². The highest BCUT2D eigenvalue weighted by Gasteiger charge is 1.99. The van der Waals surface area contributed by atoms with Crippen molar-refractivity contribution in [2.24, 2.45) is 0 Å². The number of halogens is 1. The fourth-order valence-corrected chi connectivity index (χ4v) is 1.90. The van der Waals surface area contributed by atoms with Crippen LogP contribution in [0.3, 0.4) is 0 Å². The summed E-state index contributed by atoms with van der Waals surface area (Å²) in [6.07, 6.45) is 0.501. The van der Waals surface area contributed by atoms with E-state index in [9.17, 15) is 0 Å². The lowest BCUT2D eigenvalue weighted by atomic mass is 10.1. The monoisotopic (exact) mass is 300 g/mol. The molecule has 0 unspecified atom stereocenters. The number of benzene rings is 2. The molecule has 1 N–H and O–H groups in total. The summed E-state index contributed by atoms with van der Waals surface area (Å²) in [6, 6.07) is 13.5. The van der Waals surface area contributed by atoms with Crippen molar-refractivity contribution in [1.82, 2.24) is 0 Å². The van der Waals surface area contributed by atoms with Gasteiger partial charge in [0, 0.05) is 17.0 Å². The van der Waals surface area contributed by atoms with Gasteiger partial charge in [-0.3, -0.25) is 0 Å². The predicted molar refractivity (Wildman–Crippen MR) is 85.5 cm³/mol. The molecule has 2 aromatic carbocycles. The van der Waals surface area contributed by atoms with Gasteiger partial charge >= 0.3 is 0 Å². The lowest BCUT2D eigenvalue weighted by Gasteiger charge is -2.08. The van der Waals surface area contributed by atoms with Crippen molar-refractivity contribution in [3.63, 3.8) is 0 Å². The van der Waals surface area contributed by atoms with Crippen LogP contribution in [0.2, 0.25) is 5.02 Å². The summed E-state index contributed by atoms with van der Waals surface area (Å²) in [7, 11) is 0. The molecule has 0 atom stereocenters. The molecule has 0 bridgehead atoms. The van der Waals surface area contributed by atoms with Crippen LogP contribution in [0.1, 0.15) is 23.1 Å². The third kappa shape index (κ3) is 4.82. The SMILES string of the molecule is Cc1cc(OCc2ccc(C#CCCO)cc2)ccc1Cl. The van der Waals surface area contributed by atoms with Crippen LogP contribution in [0.4, 0.5) is 0 Å². The maximum absolute atomic E-state index is 8.68. The molecular weight excluding hydrogens is 284 g/mol. The van der Waals surface area contributed by atoms with Gasteiger partial charge in [-0.2, -0.15) is 0 Å². The average Bonchev–Trinajstić information content (AvgIpc) is 2.50. The molecule has 0 spiro atoms. The Kier molecular flexibility index (Phi) is 5.68. The number of hydrogen-bond donors (Lipinski definition) is 1. The third-order valence-electron chi connectivity index (χ3n) is 2.96. The minimum absolute atomic E-state index is 0.0967. The average molecular weight is 301 g/mol. The first kappa shape index (κ1) is 15.4. The van der Waals surface area contributed by atoms with Gasteiger partial charge in [-0.25, -0.2) is 0 Å². The molecule has 2 nitrogen and oxygen atoms in total. The molecule has 2 aromatic rings. The van der Waals surface area contributed by atoms with Crippen molar-refractivity contribution in [3.8, 4) is 17.6 Å². The van der Waals surface area contributed by atoms with Gasteiger partial charge in [0.15, 0.2) is 0 Å². The topological polar surface area (TPSA) is 29.5 Å². The highest BCUT2D eigenvalue weighted by Crippen LogP contribution is 2.21. The summed E-state index contributed by atoms with van der Waals surface area (Å²) >= 11 is 5.98. The van der Waals surface area contributed by atoms with Gasteiger partial charge in [0.25, 0.3) is 0 Å². The Morgan fingerprint density at radius 1 is 1.14 bits per heavy atom. The second-order valence-corrected chi connectivity index (χ2v) is 5.08. The lowest BCUT2D eigenvalue weighted by molar-refractivity contribution is 0.305. The summed E-state index contributed by atoms with van der Waals surface area (Å²) in [5.41, 5.74) is 3.02. The van der Waals surface area contributed by atoms with Gasteiger partial charge in [0.2, 0.25) is 0 Å². The molecule has 21 heavy (non-hydrogen) atoms. The molecule has 0 aliphatic rings.